The van der Waals surface area contributed by atoms with Gasteiger partial charge in [0.25, 0.3) is 0 Å². The first kappa shape index (κ1) is 31.5. The predicted octanol–water partition coefficient (Wildman–Crippen LogP) is 6.13. The van der Waals surface area contributed by atoms with Gasteiger partial charge in [-0.2, -0.15) is 13.2 Å². The summed E-state index contributed by atoms with van der Waals surface area (Å²) < 4.78 is 41.7. The second-order valence-electron chi connectivity index (χ2n) is 8.37. The molecule has 0 unspecified atom stereocenters. The lowest BCUT2D eigenvalue weighted by Gasteiger charge is -2.27. The molecule has 0 atom stereocenters. The van der Waals surface area contributed by atoms with Crippen LogP contribution in [-0.2, 0) is 15.8 Å². The molecule has 4 rings (SSSR count). The number of likely N-dealkylation sites (tertiary alicyclic amines) is 1. The van der Waals surface area contributed by atoms with Crippen molar-refractivity contribution in [2.75, 3.05) is 50.5 Å². The molecule has 2 heterocycles. The Bertz CT molecular complexity index is 874. The second-order valence-corrected chi connectivity index (χ2v) is 9.50. The quantitative estimate of drug-likeness (QED) is 0.437. The van der Waals surface area contributed by atoms with E-state index in [1.807, 2.05) is 25.3 Å². The summed E-state index contributed by atoms with van der Waals surface area (Å²) in [6.07, 6.45) is 1.06. The van der Waals surface area contributed by atoms with Crippen LogP contribution in [0.15, 0.2) is 47.4 Å². The zero-order valence-corrected chi connectivity index (χ0v) is 22.0. The molecule has 200 valence electrons. The summed E-state index contributed by atoms with van der Waals surface area (Å²) in [6, 6.07) is 11.6. The van der Waals surface area contributed by atoms with E-state index in [9.17, 15) is 13.2 Å². The number of piperidine rings is 1. The third kappa shape index (κ3) is 11.0. The predicted molar refractivity (Wildman–Crippen MR) is 141 cm³/mol. The number of hydrogen-bond acceptors (Lipinski definition) is 6. The van der Waals surface area contributed by atoms with Crippen LogP contribution < -0.4 is 9.64 Å². The van der Waals surface area contributed by atoms with Crippen LogP contribution in [0, 0.1) is 6.92 Å². The normalized spacial score (nSPS) is 15.1. The molecule has 0 spiro atoms. The highest BCUT2D eigenvalue weighted by Gasteiger charge is 2.29. The molecule has 0 saturated carbocycles. The first-order valence-electron chi connectivity index (χ1n) is 11.9. The van der Waals surface area contributed by atoms with E-state index in [-0.39, 0.29) is 0 Å². The van der Waals surface area contributed by atoms with Crippen molar-refractivity contribution in [2.45, 2.75) is 43.7 Å². The standard InChI is InChI=1S/C17H26N2OS.C8H7F3.2CH2O/c1-18-11-13-21-17-7-6-15(14-16(17)18)20-12-5-10-19-8-3-2-4-9-19;1-6-2-4-7(5-3-6)8(9,10)11;2*1-2/h6-7,14H,2-5,8-13H2,1H3;2-5H,1H3;2*1H2. The molecule has 2 aliphatic rings. The highest BCUT2D eigenvalue weighted by atomic mass is 32.2. The number of thioether (sulfide) groups is 1. The number of halogens is 3. The largest absolute Gasteiger partial charge is 0.493 e. The van der Waals surface area contributed by atoms with E-state index in [0.29, 0.717) is 0 Å². The molecule has 9 heteroatoms. The van der Waals surface area contributed by atoms with Gasteiger partial charge in [-0.25, -0.2) is 0 Å². The van der Waals surface area contributed by atoms with E-state index >= 15 is 0 Å². The van der Waals surface area contributed by atoms with E-state index < -0.39 is 11.7 Å². The molecule has 5 nitrogen and oxygen atoms in total. The number of nitrogens with zero attached hydrogens (tertiary/aromatic N) is 2. The van der Waals surface area contributed by atoms with Crippen LogP contribution in [0.25, 0.3) is 0 Å². The summed E-state index contributed by atoms with van der Waals surface area (Å²) in [6.45, 7) is 11.4. The smallest absolute Gasteiger partial charge is 0.416 e. The van der Waals surface area contributed by atoms with Crippen LogP contribution in [0.3, 0.4) is 0 Å². The molecule has 0 N–H and O–H groups in total. The number of benzene rings is 2. The summed E-state index contributed by atoms with van der Waals surface area (Å²) in [5.41, 5.74) is 1.56. The number of anilines is 1. The Balaban J connectivity index is 0.000000366. The number of hydrogen-bond donors (Lipinski definition) is 0. The summed E-state index contributed by atoms with van der Waals surface area (Å²) in [5.74, 6) is 2.20. The zero-order chi connectivity index (χ0) is 27.0. The van der Waals surface area contributed by atoms with Crippen LogP contribution in [0.2, 0.25) is 0 Å². The average molecular weight is 527 g/mol. The van der Waals surface area contributed by atoms with E-state index in [0.717, 1.165) is 43.0 Å². The summed E-state index contributed by atoms with van der Waals surface area (Å²) in [5, 5.41) is 0. The van der Waals surface area contributed by atoms with Crippen LogP contribution in [0.4, 0.5) is 18.9 Å². The number of fused-ring (bicyclic) bond motifs is 1. The lowest BCUT2D eigenvalue weighted by molar-refractivity contribution is -0.137. The molecular weight excluding hydrogens is 489 g/mol. The van der Waals surface area contributed by atoms with E-state index in [4.69, 9.17) is 14.3 Å². The zero-order valence-electron chi connectivity index (χ0n) is 21.2. The minimum absolute atomic E-state index is 0.594. The van der Waals surface area contributed by atoms with Crippen molar-refractivity contribution in [1.82, 2.24) is 4.90 Å². The van der Waals surface area contributed by atoms with E-state index in [1.54, 1.807) is 6.92 Å². The second kappa shape index (κ2) is 17.0. The summed E-state index contributed by atoms with van der Waals surface area (Å²) in [4.78, 5) is 22.3. The molecule has 1 saturated heterocycles. The van der Waals surface area contributed by atoms with Crippen molar-refractivity contribution in [3.63, 3.8) is 0 Å². The maximum atomic E-state index is 11.9. The topological polar surface area (TPSA) is 49.9 Å². The molecular formula is C27H37F3N2O3S. The number of aryl methyl sites for hydroxylation is 1. The maximum Gasteiger partial charge on any atom is 0.416 e. The molecule has 2 aliphatic heterocycles. The summed E-state index contributed by atoms with van der Waals surface area (Å²) >= 11 is 1.94. The van der Waals surface area contributed by atoms with Crippen LogP contribution in [-0.4, -0.2) is 64.1 Å². The Hall–Kier alpha value is -2.52. The minimum atomic E-state index is -4.21. The van der Waals surface area contributed by atoms with Crippen molar-refractivity contribution in [2.24, 2.45) is 0 Å². The highest BCUT2D eigenvalue weighted by molar-refractivity contribution is 7.99. The van der Waals surface area contributed by atoms with Crippen LogP contribution >= 0.6 is 11.8 Å². The fourth-order valence-electron chi connectivity index (χ4n) is 3.82. The molecule has 2 aromatic carbocycles. The number of carbonyl (C=O) groups is 2. The lowest BCUT2D eigenvalue weighted by Crippen LogP contribution is -2.31. The van der Waals surface area contributed by atoms with Crippen LogP contribution in [0.5, 0.6) is 5.75 Å². The molecule has 0 amide bonds. The fraction of sp³-hybridized carbons (Fsp3) is 0.481. The number of carbonyl (C=O) groups excluding carboxylic acids is 2. The van der Waals surface area contributed by atoms with Gasteiger partial charge in [-0.1, -0.05) is 24.1 Å². The van der Waals surface area contributed by atoms with Crippen LogP contribution in [0.1, 0.15) is 36.8 Å². The fourth-order valence-corrected chi connectivity index (χ4v) is 4.94. The molecule has 0 aromatic heterocycles. The van der Waals surface area contributed by atoms with Crippen molar-refractivity contribution >= 4 is 31.0 Å². The first-order chi connectivity index (χ1) is 17.3. The van der Waals surface area contributed by atoms with Crippen molar-refractivity contribution in [1.29, 1.82) is 0 Å². The number of alkyl halides is 3. The Kier molecular flexibility index (Phi) is 14.9. The molecule has 2 aromatic rings. The van der Waals surface area contributed by atoms with Gasteiger partial charge in [0, 0.05) is 36.9 Å². The molecule has 0 aliphatic carbocycles. The maximum absolute atomic E-state index is 11.9. The Morgan fingerprint density at radius 3 is 2.19 bits per heavy atom. The molecule has 0 radical (unpaired) electrons. The minimum Gasteiger partial charge on any atom is -0.493 e. The van der Waals surface area contributed by atoms with Gasteiger partial charge in [0.2, 0.25) is 0 Å². The summed E-state index contributed by atoms with van der Waals surface area (Å²) in [7, 11) is 2.17. The SMILES string of the molecule is C=O.C=O.CN1CCSc2ccc(OCCCN3CCCCC3)cc21.Cc1ccc(C(F)(F)F)cc1. The number of rotatable bonds is 5. The first-order valence-corrected chi connectivity index (χ1v) is 12.9. The van der Waals surface area contributed by atoms with E-state index in [2.05, 4.69) is 35.0 Å². The molecule has 36 heavy (non-hydrogen) atoms. The van der Waals surface area contributed by atoms with Crippen molar-refractivity contribution in [3.05, 3.63) is 53.6 Å². The highest BCUT2D eigenvalue weighted by Crippen LogP contribution is 2.36. The van der Waals surface area contributed by atoms with Gasteiger partial charge in [0.15, 0.2) is 0 Å². The molecule has 1 fully saturated rings. The van der Waals surface area contributed by atoms with Gasteiger partial charge < -0.3 is 24.1 Å². The average Bonchev–Trinajstić information content (AvgIpc) is 2.90. The number of ether oxygens (including phenoxy) is 1. The van der Waals surface area contributed by atoms with Crippen molar-refractivity contribution in [3.8, 4) is 5.75 Å². The van der Waals surface area contributed by atoms with Gasteiger partial charge in [0.1, 0.15) is 19.3 Å². The van der Waals surface area contributed by atoms with Crippen molar-refractivity contribution < 1.29 is 27.5 Å². The Morgan fingerprint density at radius 1 is 0.944 bits per heavy atom. The Morgan fingerprint density at radius 2 is 1.58 bits per heavy atom. The van der Waals surface area contributed by atoms with Gasteiger partial charge in [0.05, 0.1) is 17.9 Å². The van der Waals surface area contributed by atoms with Gasteiger partial charge >= 0.3 is 6.18 Å². The monoisotopic (exact) mass is 526 g/mol. The van der Waals surface area contributed by atoms with Gasteiger partial charge in [-0.15, -0.1) is 11.8 Å². The lowest BCUT2D eigenvalue weighted by atomic mass is 10.1. The van der Waals surface area contributed by atoms with E-state index in [1.165, 1.54) is 67.4 Å². The third-order valence-electron chi connectivity index (χ3n) is 5.74. The van der Waals surface area contributed by atoms with Gasteiger partial charge in [-0.05, 0) is 63.5 Å². The third-order valence-corrected chi connectivity index (χ3v) is 6.78. The van der Waals surface area contributed by atoms with Gasteiger partial charge in [-0.3, -0.25) is 0 Å². The molecule has 0 bridgehead atoms. The Labute approximate surface area is 217 Å².